The van der Waals surface area contributed by atoms with Gasteiger partial charge in [-0.2, -0.15) is 0 Å². The van der Waals surface area contributed by atoms with Crippen molar-refractivity contribution in [2.45, 2.75) is 32.7 Å². The van der Waals surface area contributed by atoms with Crippen molar-refractivity contribution < 1.29 is 9.90 Å². The topological polar surface area (TPSA) is 66.6 Å². The fraction of sp³-hybridized carbons (Fsp3) is 0.368. The molecule has 0 fully saturated rings. The molecule has 5 nitrogen and oxygen atoms in total. The highest BCUT2D eigenvalue weighted by molar-refractivity contribution is 7.15. The Morgan fingerprint density at radius 1 is 1.36 bits per heavy atom. The smallest absolute Gasteiger partial charge is 0.226 e. The number of imidazole rings is 1. The molecule has 0 saturated carbocycles. The summed E-state index contributed by atoms with van der Waals surface area (Å²) in [5.41, 5.74) is 2.88. The first-order valence-electron chi connectivity index (χ1n) is 8.53. The molecular weight excluding hydrogens is 334 g/mol. The zero-order valence-electron chi connectivity index (χ0n) is 14.5. The molecule has 0 aliphatic rings. The van der Waals surface area contributed by atoms with E-state index >= 15 is 0 Å². The van der Waals surface area contributed by atoms with E-state index in [9.17, 15) is 9.90 Å². The highest BCUT2D eigenvalue weighted by atomic mass is 32.1. The van der Waals surface area contributed by atoms with Crippen LogP contribution in [0, 0.1) is 5.92 Å². The number of carbonyl (C=O) groups is 1. The van der Waals surface area contributed by atoms with Crippen molar-refractivity contribution in [3.63, 3.8) is 0 Å². The van der Waals surface area contributed by atoms with Gasteiger partial charge in [0.2, 0.25) is 5.91 Å². The summed E-state index contributed by atoms with van der Waals surface area (Å²) in [7, 11) is 0. The molecule has 1 amide bonds. The lowest BCUT2D eigenvalue weighted by Gasteiger charge is -2.22. The van der Waals surface area contributed by atoms with Crippen molar-refractivity contribution in [1.29, 1.82) is 0 Å². The number of hydrogen-bond donors (Lipinski definition) is 2. The molecule has 2 atom stereocenters. The lowest BCUT2D eigenvalue weighted by atomic mass is 10.00. The van der Waals surface area contributed by atoms with Gasteiger partial charge in [0.05, 0.1) is 24.8 Å². The second kappa shape index (κ2) is 7.80. The number of aromatic nitrogens is 2. The SMILES string of the molecule is CC[C@@H](C)[C@H](CO)NC(=O)Cc1csc2nc(-c3ccccc3)cn12. The number of hydrogen-bond acceptors (Lipinski definition) is 4. The summed E-state index contributed by atoms with van der Waals surface area (Å²) in [6.07, 6.45) is 3.16. The van der Waals surface area contributed by atoms with Gasteiger partial charge in [-0.1, -0.05) is 50.6 Å². The molecule has 6 heteroatoms. The fourth-order valence-corrected chi connectivity index (χ4v) is 3.65. The Kier molecular flexibility index (Phi) is 5.50. The van der Waals surface area contributed by atoms with E-state index in [0.717, 1.165) is 28.3 Å². The molecule has 25 heavy (non-hydrogen) atoms. The Bertz CT molecular complexity index is 841. The number of nitrogens with one attached hydrogen (secondary N) is 1. The quantitative estimate of drug-likeness (QED) is 0.683. The molecule has 0 unspecified atom stereocenters. The number of thiazole rings is 1. The molecule has 3 aromatic rings. The number of nitrogens with zero attached hydrogens (tertiary/aromatic N) is 2. The first-order chi connectivity index (χ1) is 12.1. The number of fused-ring (bicyclic) bond motifs is 1. The van der Waals surface area contributed by atoms with Gasteiger partial charge in [0.1, 0.15) is 0 Å². The summed E-state index contributed by atoms with van der Waals surface area (Å²) < 4.78 is 1.98. The lowest BCUT2D eigenvalue weighted by Crippen LogP contribution is -2.42. The summed E-state index contributed by atoms with van der Waals surface area (Å²) >= 11 is 1.53. The Labute approximate surface area is 151 Å². The number of rotatable bonds is 7. The van der Waals surface area contributed by atoms with Crippen LogP contribution in [0.5, 0.6) is 0 Å². The van der Waals surface area contributed by atoms with Crippen molar-refractivity contribution in [2.24, 2.45) is 5.92 Å². The van der Waals surface area contributed by atoms with E-state index in [0.29, 0.717) is 0 Å². The predicted octanol–water partition coefficient (Wildman–Crippen LogP) is 3.13. The van der Waals surface area contributed by atoms with Gasteiger partial charge in [0, 0.05) is 22.8 Å². The third-order valence-electron chi connectivity index (χ3n) is 4.57. The molecule has 0 radical (unpaired) electrons. The van der Waals surface area contributed by atoms with E-state index in [4.69, 9.17) is 0 Å². The van der Waals surface area contributed by atoms with Gasteiger partial charge >= 0.3 is 0 Å². The molecule has 1 aromatic carbocycles. The molecule has 0 aliphatic carbocycles. The van der Waals surface area contributed by atoms with Crippen LogP contribution in [0.3, 0.4) is 0 Å². The zero-order chi connectivity index (χ0) is 17.8. The largest absolute Gasteiger partial charge is 0.394 e. The van der Waals surface area contributed by atoms with Gasteiger partial charge in [-0.25, -0.2) is 4.98 Å². The Morgan fingerprint density at radius 3 is 2.80 bits per heavy atom. The molecule has 0 aliphatic heterocycles. The van der Waals surface area contributed by atoms with Gasteiger partial charge in [-0.15, -0.1) is 11.3 Å². The normalized spacial score (nSPS) is 13.7. The van der Waals surface area contributed by atoms with Crippen LogP contribution in [0.4, 0.5) is 0 Å². The molecule has 0 spiro atoms. The number of aliphatic hydroxyl groups excluding tert-OH is 1. The summed E-state index contributed by atoms with van der Waals surface area (Å²) in [5.74, 6) is 0.170. The second-order valence-corrected chi connectivity index (χ2v) is 7.13. The molecule has 132 valence electrons. The third kappa shape index (κ3) is 3.91. The Morgan fingerprint density at radius 2 is 2.12 bits per heavy atom. The van der Waals surface area contributed by atoms with Crippen LogP contribution in [0.25, 0.3) is 16.2 Å². The minimum absolute atomic E-state index is 0.0387. The van der Waals surface area contributed by atoms with Crippen molar-refractivity contribution in [3.8, 4) is 11.3 Å². The van der Waals surface area contributed by atoms with Crippen molar-refractivity contribution >= 4 is 22.2 Å². The van der Waals surface area contributed by atoms with Gasteiger partial charge in [0.25, 0.3) is 0 Å². The summed E-state index contributed by atoms with van der Waals surface area (Å²) in [6, 6.07) is 9.80. The molecule has 2 N–H and O–H groups in total. The molecule has 0 saturated heterocycles. The highest BCUT2D eigenvalue weighted by Gasteiger charge is 2.19. The van der Waals surface area contributed by atoms with Crippen LogP contribution in [-0.2, 0) is 11.2 Å². The van der Waals surface area contributed by atoms with E-state index in [1.807, 2.05) is 53.2 Å². The Hall–Kier alpha value is -2.18. The Balaban J connectivity index is 1.75. The number of aliphatic hydroxyl groups is 1. The minimum Gasteiger partial charge on any atom is -0.394 e. The molecule has 2 aromatic heterocycles. The monoisotopic (exact) mass is 357 g/mol. The minimum atomic E-state index is -0.200. The van der Waals surface area contributed by atoms with Crippen LogP contribution in [0.2, 0.25) is 0 Å². The van der Waals surface area contributed by atoms with E-state index < -0.39 is 0 Å². The third-order valence-corrected chi connectivity index (χ3v) is 5.46. The maximum absolute atomic E-state index is 12.4. The van der Waals surface area contributed by atoms with Gasteiger partial charge in [0.15, 0.2) is 4.96 Å². The van der Waals surface area contributed by atoms with Crippen molar-refractivity contribution in [1.82, 2.24) is 14.7 Å². The average molecular weight is 357 g/mol. The molecule has 2 heterocycles. The summed E-state index contributed by atoms with van der Waals surface area (Å²) in [4.78, 5) is 17.9. The number of amides is 1. The van der Waals surface area contributed by atoms with Crippen molar-refractivity contribution in [2.75, 3.05) is 6.61 Å². The average Bonchev–Trinajstić information content (AvgIpc) is 3.22. The van der Waals surface area contributed by atoms with E-state index in [1.165, 1.54) is 11.3 Å². The van der Waals surface area contributed by atoms with E-state index in [2.05, 4.69) is 17.2 Å². The first kappa shape index (κ1) is 17.6. The fourth-order valence-electron chi connectivity index (χ4n) is 2.78. The molecular formula is C19H23N3O2S. The number of carbonyl (C=O) groups excluding carboxylic acids is 1. The van der Waals surface area contributed by atoms with Gasteiger partial charge < -0.3 is 10.4 Å². The van der Waals surface area contributed by atoms with Gasteiger partial charge in [-0.3, -0.25) is 9.20 Å². The standard InChI is InChI=1S/C19H23N3O2S/c1-3-13(2)17(11-23)20-18(24)9-15-12-25-19-21-16(10-22(15)19)14-7-5-4-6-8-14/h4-8,10,12-13,17,23H,3,9,11H2,1-2H3,(H,20,24)/t13-,17+/m1/s1. The van der Waals surface area contributed by atoms with Crippen LogP contribution >= 0.6 is 11.3 Å². The van der Waals surface area contributed by atoms with Crippen molar-refractivity contribution in [3.05, 3.63) is 47.6 Å². The predicted molar refractivity (Wildman–Crippen MR) is 101 cm³/mol. The van der Waals surface area contributed by atoms with Crippen LogP contribution in [-0.4, -0.2) is 33.0 Å². The van der Waals surface area contributed by atoms with Gasteiger partial charge in [-0.05, 0) is 5.92 Å². The highest BCUT2D eigenvalue weighted by Crippen LogP contribution is 2.23. The zero-order valence-corrected chi connectivity index (χ0v) is 15.3. The number of benzene rings is 1. The first-order valence-corrected chi connectivity index (χ1v) is 9.41. The molecule has 3 rings (SSSR count). The summed E-state index contributed by atoms with van der Waals surface area (Å²) in [5, 5.41) is 14.4. The van der Waals surface area contributed by atoms with E-state index in [-0.39, 0.29) is 30.9 Å². The van der Waals surface area contributed by atoms with Crippen LogP contribution in [0.1, 0.15) is 26.0 Å². The second-order valence-electron chi connectivity index (χ2n) is 6.29. The maximum Gasteiger partial charge on any atom is 0.226 e. The molecule has 0 bridgehead atoms. The van der Waals surface area contributed by atoms with Crippen LogP contribution in [0.15, 0.2) is 41.9 Å². The summed E-state index contributed by atoms with van der Waals surface area (Å²) in [6.45, 7) is 4.05. The maximum atomic E-state index is 12.4. The van der Waals surface area contributed by atoms with E-state index in [1.54, 1.807) is 0 Å². The lowest BCUT2D eigenvalue weighted by molar-refractivity contribution is -0.121. The van der Waals surface area contributed by atoms with Crippen LogP contribution < -0.4 is 5.32 Å².